The fourth-order valence-corrected chi connectivity index (χ4v) is 3.39. The molecule has 0 bridgehead atoms. The SMILES string of the molecule is CCCCc1ccc(C(CC)S(=O)(=O)OP)cc1. The second-order valence-corrected chi connectivity index (χ2v) is 6.66. The number of benzene rings is 1. The van der Waals surface area contributed by atoms with Gasteiger partial charge in [0.25, 0.3) is 10.1 Å². The van der Waals surface area contributed by atoms with Crippen molar-refractivity contribution >= 4 is 19.6 Å². The number of rotatable bonds is 7. The summed E-state index contributed by atoms with van der Waals surface area (Å²) >= 11 is 0. The highest BCUT2D eigenvalue weighted by atomic mass is 32.2. The number of unbranched alkanes of at least 4 members (excludes halogenated alkanes) is 1. The molecule has 0 saturated heterocycles. The van der Waals surface area contributed by atoms with E-state index in [9.17, 15) is 8.42 Å². The van der Waals surface area contributed by atoms with E-state index in [-0.39, 0.29) is 0 Å². The van der Waals surface area contributed by atoms with Crippen molar-refractivity contribution in [1.82, 2.24) is 0 Å². The molecule has 0 N–H and O–H groups in total. The van der Waals surface area contributed by atoms with E-state index in [1.807, 2.05) is 40.7 Å². The Balaban J connectivity index is 2.89. The maximum Gasteiger partial charge on any atom is 0.276 e. The van der Waals surface area contributed by atoms with E-state index in [1.165, 1.54) is 5.56 Å². The van der Waals surface area contributed by atoms with Crippen molar-refractivity contribution in [3.63, 3.8) is 0 Å². The van der Waals surface area contributed by atoms with Crippen LogP contribution in [0.1, 0.15) is 49.5 Å². The molecule has 1 aromatic rings. The third-order valence-electron chi connectivity index (χ3n) is 3.02. The lowest BCUT2D eigenvalue weighted by molar-refractivity contribution is 0.499. The van der Waals surface area contributed by atoms with Crippen molar-refractivity contribution < 1.29 is 12.4 Å². The van der Waals surface area contributed by atoms with Crippen LogP contribution in [0.25, 0.3) is 0 Å². The third kappa shape index (κ3) is 4.04. The van der Waals surface area contributed by atoms with Gasteiger partial charge in [-0.25, -0.2) is 0 Å². The highest BCUT2D eigenvalue weighted by Crippen LogP contribution is 2.28. The smallest absolute Gasteiger partial charge is 0.254 e. The average molecular weight is 288 g/mol. The maximum absolute atomic E-state index is 11.7. The van der Waals surface area contributed by atoms with Gasteiger partial charge in [-0.05, 0) is 30.4 Å². The molecule has 0 aliphatic rings. The van der Waals surface area contributed by atoms with E-state index in [1.54, 1.807) is 0 Å². The summed E-state index contributed by atoms with van der Waals surface area (Å²) in [5, 5.41) is -0.588. The van der Waals surface area contributed by atoms with E-state index in [4.69, 9.17) is 0 Å². The summed E-state index contributed by atoms with van der Waals surface area (Å²) in [7, 11) is -1.71. The lowest BCUT2D eigenvalue weighted by Crippen LogP contribution is -2.12. The fraction of sp³-hybridized carbons (Fsp3) is 0.538. The molecule has 0 radical (unpaired) electrons. The molecule has 18 heavy (non-hydrogen) atoms. The van der Waals surface area contributed by atoms with Crippen molar-refractivity contribution in [2.45, 2.75) is 44.8 Å². The fourth-order valence-electron chi connectivity index (χ4n) is 1.95. The molecular formula is C13H21O3PS. The van der Waals surface area contributed by atoms with Gasteiger partial charge in [0.1, 0.15) is 5.25 Å². The number of hydrogen-bond acceptors (Lipinski definition) is 3. The molecule has 2 unspecified atom stereocenters. The molecule has 0 aliphatic heterocycles. The van der Waals surface area contributed by atoms with Crippen LogP contribution in [0.3, 0.4) is 0 Å². The molecule has 1 rings (SSSR count). The Hall–Kier alpha value is -0.440. The summed E-state index contributed by atoms with van der Waals surface area (Å²) in [5.41, 5.74) is 2.04. The van der Waals surface area contributed by atoms with Gasteiger partial charge in [0.2, 0.25) is 0 Å². The summed E-state index contributed by atoms with van der Waals surface area (Å²) in [5.74, 6) is 0. The Labute approximate surface area is 112 Å². The molecule has 0 heterocycles. The quantitative estimate of drug-likeness (QED) is 0.720. The zero-order valence-corrected chi connectivity index (χ0v) is 12.9. The Morgan fingerprint density at radius 3 is 2.28 bits per heavy atom. The molecule has 0 aliphatic carbocycles. The third-order valence-corrected chi connectivity index (χ3v) is 5.40. The van der Waals surface area contributed by atoms with Crippen LogP contribution in [-0.2, 0) is 20.5 Å². The van der Waals surface area contributed by atoms with Crippen LogP contribution in [0.15, 0.2) is 24.3 Å². The number of aryl methyl sites for hydroxylation is 1. The lowest BCUT2D eigenvalue weighted by Gasteiger charge is -2.14. The second-order valence-electron chi connectivity index (χ2n) is 4.33. The molecule has 3 nitrogen and oxygen atoms in total. The molecule has 102 valence electrons. The predicted molar refractivity (Wildman–Crippen MR) is 77.8 cm³/mol. The lowest BCUT2D eigenvalue weighted by atomic mass is 10.0. The number of hydrogen-bond donors (Lipinski definition) is 0. The van der Waals surface area contributed by atoms with E-state index >= 15 is 0 Å². The standard InChI is InChI=1S/C13H21O3PS/c1-3-5-6-11-7-9-12(10-8-11)13(4-2)18(14,15)16-17/h7-10,13H,3-6,17H2,1-2H3. The largest absolute Gasteiger partial charge is 0.276 e. The summed E-state index contributed by atoms with van der Waals surface area (Å²) in [6.07, 6.45) is 3.86. The van der Waals surface area contributed by atoms with Crippen molar-refractivity contribution in [3.8, 4) is 0 Å². The highest BCUT2D eigenvalue weighted by Gasteiger charge is 2.25. The molecular weight excluding hydrogens is 267 g/mol. The van der Waals surface area contributed by atoms with Gasteiger partial charge in [-0.3, -0.25) is 3.97 Å². The highest BCUT2D eigenvalue weighted by molar-refractivity contribution is 7.89. The minimum absolute atomic E-state index is 0.505. The summed E-state index contributed by atoms with van der Waals surface area (Å²) in [6, 6.07) is 7.79. The molecule has 0 saturated carbocycles. The molecule has 5 heteroatoms. The zero-order chi connectivity index (χ0) is 13.6. The normalized spacial score (nSPS) is 13.5. The first-order valence-electron chi connectivity index (χ1n) is 6.26. The topological polar surface area (TPSA) is 43.4 Å². The average Bonchev–Trinajstić information content (AvgIpc) is 2.38. The Kier molecular flexibility index (Phi) is 6.27. The minimum Gasteiger partial charge on any atom is -0.254 e. The monoisotopic (exact) mass is 288 g/mol. The van der Waals surface area contributed by atoms with Crippen LogP contribution in [-0.4, -0.2) is 8.42 Å². The van der Waals surface area contributed by atoms with Crippen molar-refractivity contribution in [2.24, 2.45) is 0 Å². The van der Waals surface area contributed by atoms with Crippen molar-refractivity contribution in [3.05, 3.63) is 35.4 Å². The van der Waals surface area contributed by atoms with Crippen LogP contribution < -0.4 is 0 Å². The minimum atomic E-state index is -3.53. The summed E-state index contributed by atoms with van der Waals surface area (Å²) < 4.78 is 28.0. The molecule has 0 fully saturated rings. The Morgan fingerprint density at radius 1 is 1.22 bits per heavy atom. The van der Waals surface area contributed by atoms with Crippen LogP contribution in [0, 0.1) is 0 Å². The van der Waals surface area contributed by atoms with Gasteiger partial charge >= 0.3 is 0 Å². The van der Waals surface area contributed by atoms with Gasteiger partial charge in [-0.2, -0.15) is 8.42 Å². The van der Waals surface area contributed by atoms with Crippen LogP contribution in [0.2, 0.25) is 0 Å². The first-order valence-corrected chi connectivity index (χ1v) is 8.20. The molecule has 1 aromatic carbocycles. The van der Waals surface area contributed by atoms with Crippen molar-refractivity contribution in [2.75, 3.05) is 0 Å². The molecule has 0 aromatic heterocycles. The van der Waals surface area contributed by atoms with E-state index in [0.29, 0.717) is 6.42 Å². The maximum atomic E-state index is 11.7. The summed E-state index contributed by atoms with van der Waals surface area (Å²) in [4.78, 5) is 0. The predicted octanol–water partition coefficient (Wildman–Crippen LogP) is 3.62. The molecule has 2 atom stereocenters. The Morgan fingerprint density at radius 2 is 1.83 bits per heavy atom. The zero-order valence-electron chi connectivity index (χ0n) is 10.9. The second kappa shape index (κ2) is 7.22. The van der Waals surface area contributed by atoms with E-state index in [2.05, 4.69) is 10.9 Å². The molecule has 0 spiro atoms. The van der Waals surface area contributed by atoms with Gasteiger partial charge in [-0.15, -0.1) is 0 Å². The van der Waals surface area contributed by atoms with Crippen LogP contribution in [0.5, 0.6) is 0 Å². The van der Waals surface area contributed by atoms with Gasteiger partial charge in [0.05, 0.1) is 0 Å². The first kappa shape index (κ1) is 15.6. The van der Waals surface area contributed by atoms with Gasteiger partial charge in [-0.1, -0.05) is 44.5 Å². The Bertz CT molecular complexity index is 454. The molecule has 0 amide bonds. The van der Waals surface area contributed by atoms with Gasteiger partial charge < -0.3 is 0 Å². The van der Waals surface area contributed by atoms with E-state index < -0.39 is 15.4 Å². The first-order chi connectivity index (χ1) is 8.55. The summed E-state index contributed by atoms with van der Waals surface area (Å²) in [6.45, 7) is 4.00. The van der Waals surface area contributed by atoms with Gasteiger partial charge in [0.15, 0.2) is 0 Å². The van der Waals surface area contributed by atoms with Crippen molar-refractivity contribution in [1.29, 1.82) is 0 Å². The van der Waals surface area contributed by atoms with Crippen LogP contribution >= 0.6 is 9.47 Å². The van der Waals surface area contributed by atoms with Crippen LogP contribution in [0.4, 0.5) is 0 Å². The van der Waals surface area contributed by atoms with Gasteiger partial charge in [0, 0.05) is 9.47 Å². The van der Waals surface area contributed by atoms with E-state index in [0.717, 1.165) is 24.8 Å².